The molecule has 0 unspecified atom stereocenters. The van der Waals surface area contributed by atoms with Gasteiger partial charge in [-0.15, -0.1) is 13.2 Å². The van der Waals surface area contributed by atoms with Gasteiger partial charge in [0, 0.05) is 19.3 Å². The van der Waals surface area contributed by atoms with Crippen LogP contribution in [0.4, 0.5) is 0 Å². The lowest BCUT2D eigenvalue weighted by molar-refractivity contribution is -0.137. The number of hydrogen-bond acceptors (Lipinski definition) is 3. The highest BCUT2D eigenvalue weighted by molar-refractivity contribution is 5.73. The van der Waals surface area contributed by atoms with Crippen molar-refractivity contribution >= 4 is 17.8 Å². The molecule has 0 bridgehead atoms. The molecule has 0 aliphatic rings. The van der Waals surface area contributed by atoms with Crippen LogP contribution in [0.25, 0.3) is 0 Å². The van der Waals surface area contributed by atoms with Gasteiger partial charge < -0.3 is 16.6 Å². The molecule has 0 aromatic rings. The molecule has 0 rings (SSSR count). The number of unbranched alkanes of at least 4 members (excludes halogenated alkanes) is 33. The Bertz CT molecular complexity index is 856. The van der Waals surface area contributed by atoms with E-state index in [1.165, 1.54) is 225 Å². The molecule has 0 fully saturated rings. The third kappa shape index (κ3) is 78.4. The largest absolute Gasteiger partial charge is 0.481 e. The monoisotopic (exact) mass is 877 g/mol. The van der Waals surface area contributed by atoms with Gasteiger partial charge in [0.1, 0.15) is 0 Å². The van der Waals surface area contributed by atoms with Crippen LogP contribution in [-0.2, 0) is 14.4 Å². The van der Waals surface area contributed by atoms with E-state index in [4.69, 9.17) is 16.6 Å². The number of carbonyl (C=O) groups excluding carboxylic acids is 2. The minimum Gasteiger partial charge on any atom is -0.481 e. The van der Waals surface area contributed by atoms with Crippen LogP contribution in [0, 0.1) is 11.8 Å². The molecular formula is C56H112N2O4. The molecule has 0 aromatic heterocycles. The SMILES string of the molecule is C=C.CC(C)CCCCCCCCCCCCCCC(N)=O.CC(C)CCCCCCCCCCCCCCC(N)=O.CCCCCCCC/C=C\CCCCCCCC(=O)O. The second-order valence-electron chi connectivity index (χ2n) is 19.0. The quantitative estimate of drug-likeness (QED) is 0.0416. The van der Waals surface area contributed by atoms with Crippen molar-refractivity contribution in [2.24, 2.45) is 23.3 Å². The van der Waals surface area contributed by atoms with Gasteiger partial charge in [-0.25, -0.2) is 0 Å². The third-order valence-electron chi connectivity index (χ3n) is 11.6. The predicted molar refractivity (Wildman–Crippen MR) is 276 cm³/mol. The summed E-state index contributed by atoms with van der Waals surface area (Å²) in [4.78, 5) is 31.4. The van der Waals surface area contributed by atoms with E-state index in [0.717, 1.165) is 37.5 Å². The molecule has 62 heavy (non-hydrogen) atoms. The van der Waals surface area contributed by atoms with Crippen molar-refractivity contribution in [2.75, 3.05) is 0 Å². The second-order valence-corrected chi connectivity index (χ2v) is 19.0. The standard InChI is InChI=1S/2C18H37NO.C18H34O2.C2H4/c2*1-17(2)15-13-11-9-7-5-3-4-6-8-10-12-14-16-18(19)20;1-2-3-4-5-6-7-8-9-10-11-12-13-14-15-16-17-18(19)20;1-2/h2*17H,3-16H2,1-2H3,(H2,19,20);9-10H,2-8,11-17H2,1H3,(H,19,20);1-2H2/b;;10-9-;. The molecule has 6 heteroatoms. The summed E-state index contributed by atoms with van der Waals surface area (Å²) < 4.78 is 0. The molecule has 0 heterocycles. The van der Waals surface area contributed by atoms with E-state index in [2.05, 4.69) is 59.9 Å². The van der Waals surface area contributed by atoms with Gasteiger partial charge in [0.25, 0.3) is 0 Å². The van der Waals surface area contributed by atoms with E-state index in [0.29, 0.717) is 19.3 Å². The smallest absolute Gasteiger partial charge is 0.303 e. The van der Waals surface area contributed by atoms with Crippen molar-refractivity contribution in [3.63, 3.8) is 0 Å². The number of carboxylic acid groups (broad SMARTS) is 1. The summed E-state index contributed by atoms with van der Waals surface area (Å²) >= 11 is 0. The molecule has 0 saturated heterocycles. The number of hydrogen-bond donors (Lipinski definition) is 3. The molecular weight excluding hydrogens is 765 g/mol. The van der Waals surface area contributed by atoms with Gasteiger partial charge in [0.15, 0.2) is 0 Å². The molecule has 0 aliphatic heterocycles. The number of carbonyl (C=O) groups is 3. The topological polar surface area (TPSA) is 123 Å². The van der Waals surface area contributed by atoms with E-state index in [1.54, 1.807) is 0 Å². The highest BCUT2D eigenvalue weighted by atomic mass is 16.4. The van der Waals surface area contributed by atoms with Gasteiger partial charge in [-0.3, -0.25) is 14.4 Å². The molecule has 0 aliphatic carbocycles. The predicted octanol–water partition coefficient (Wildman–Crippen LogP) is 18.1. The minimum atomic E-state index is -0.664. The van der Waals surface area contributed by atoms with Crippen LogP contribution in [0.1, 0.15) is 304 Å². The Labute approximate surface area is 388 Å². The molecule has 0 aromatic carbocycles. The molecule has 0 radical (unpaired) electrons. The Morgan fingerprint density at radius 3 is 0.855 bits per heavy atom. The number of carboxylic acids is 1. The fraction of sp³-hybridized carbons (Fsp3) is 0.875. The number of primary amides is 2. The maximum absolute atomic E-state index is 10.6. The number of nitrogens with two attached hydrogens (primary N) is 2. The molecule has 0 atom stereocenters. The van der Waals surface area contributed by atoms with E-state index in [9.17, 15) is 14.4 Å². The average Bonchev–Trinajstić information content (AvgIpc) is 3.23. The summed E-state index contributed by atoms with van der Waals surface area (Å²) in [6, 6.07) is 0. The Balaban J connectivity index is -0.000000398. The van der Waals surface area contributed by atoms with Gasteiger partial charge in [-0.2, -0.15) is 0 Å². The zero-order valence-corrected chi connectivity index (χ0v) is 42.7. The fourth-order valence-corrected chi connectivity index (χ4v) is 7.59. The molecule has 0 spiro atoms. The summed E-state index contributed by atoms with van der Waals surface area (Å²) in [7, 11) is 0. The van der Waals surface area contributed by atoms with Crippen molar-refractivity contribution in [3.05, 3.63) is 25.3 Å². The second kappa shape index (κ2) is 61.0. The molecule has 5 N–H and O–H groups in total. The lowest BCUT2D eigenvalue weighted by Crippen LogP contribution is -2.09. The van der Waals surface area contributed by atoms with Crippen LogP contribution in [0.2, 0.25) is 0 Å². The van der Waals surface area contributed by atoms with Crippen LogP contribution in [0.5, 0.6) is 0 Å². The van der Waals surface area contributed by atoms with Crippen molar-refractivity contribution in [1.29, 1.82) is 0 Å². The van der Waals surface area contributed by atoms with E-state index >= 15 is 0 Å². The first kappa shape index (κ1) is 66.5. The van der Waals surface area contributed by atoms with Gasteiger partial charge in [-0.05, 0) is 56.8 Å². The van der Waals surface area contributed by atoms with Crippen molar-refractivity contribution < 1.29 is 19.5 Å². The molecule has 2 amide bonds. The lowest BCUT2D eigenvalue weighted by Gasteiger charge is -2.04. The Morgan fingerprint density at radius 1 is 0.387 bits per heavy atom. The van der Waals surface area contributed by atoms with Crippen LogP contribution in [-0.4, -0.2) is 22.9 Å². The molecule has 6 nitrogen and oxygen atoms in total. The maximum Gasteiger partial charge on any atom is 0.303 e. The number of amides is 2. The summed E-state index contributed by atoms with van der Waals surface area (Å²) in [5.74, 6) is 0.773. The van der Waals surface area contributed by atoms with Crippen LogP contribution >= 0.6 is 0 Å². The van der Waals surface area contributed by atoms with Crippen LogP contribution < -0.4 is 11.5 Å². The minimum absolute atomic E-state index is 0.154. The first-order chi connectivity index (χ1) is 30.0. The van der Waals surface area contributed by atoms with Gasteiger partial charge in [0.2, 0.25) is 11.8 Å². The highest BCUT2D eigenvalue weighted by Gasteiger charge is 2.00. The Morgan fingerprint density at radius 2 is 0.613 bits per heavy atom. The number of aliphatic carboxylic acids is 1. The molecule has 370 valence electrons. The normalized spacial score (nSPS) is 10.9. The summed E-state index contributed by atoms with van der Waals surface area (Å²) in [6.07, 6.45) is 57.2. The van der Waals surface area contributed by atoms with Crippen molar-refractivity contribution in [3.8, 4) is 0 Å². The number of allylic oxidation sites excluding steroid dienone is 2. The van der Waals surface area contributed by atoms with Crippen molar-refractivity contribution in [2.45, 2.75) is 304 Å². The van der Waals surface area contributed by atoms with E-state index < -0.39 is 5.97 Å². The first-order valence-corrected chi connectivity index (χ1v) is 27.0. The summed E-state index contributed by atoms with van der Waals surface area (Å²) in [5, 5.41) is 8.51. The fourth-order valence-electron chi connectivity index (χ4n) is 7.59. The maximum atomic E-state index is 10.6. The molecule has 0 saturated carbocycles. The average molecular weight is 878 g/mol. The van der Waals surface area contributed by atoms with Gasteiger partial charge in [0.05, 0.1) is 0 Å². The third-order valence-corrected chi connectivity index (χ3v) is 11.6. The van der Waals surface area contributed by atoms with Gasteiger partial charge >= 0.3 is 5.97 Å². The van der Waals surface area contributed by atoms with Crippen LogP contribution in [0.15, 0.2) is 25.3 Å². The zero-order chi connectivity index (χ0) is 47.0. The number of rotatable bonds is 45. The first-order valence-electron chi connectivity index (χ1n) is 27.0. The highest BCUT2D eigenvalue weighted by Crippen LogP contribution is 2.16. The van der Waals surface area contributed by atoms with Crippen molar-refractivity contribution in [1.82, 2.24) is 0 Å². The lowest BCUT2D eigenvalue weighted by atomic mass is 10.0. The zero-order valence-electron chi connectivity index (χ0n) is 42.7. The van der Waals surface area contributed by atoms with E-state index in [1.807, 2.05) is 0 Å². The Kier molecular flexibility index (Phi) is 65.4. The Hall–Kier alpha value is -2.11. The van der Waals surface area contributed by atoms with E-state index in [-0.39, 0.29) is 11.8 Å². The van der Waals surface area contributed by atoms with Crippen LogP contribution in [0.3, 0.4) is 0 Å². The summed E-state index contributed by atoms with van der Waals surface area (Å²) in [6.45, 7) is 17.5. The van der Waals surface area contributed by atoms with Gasteiger partial charge in [-0.1, -0.05) is 252 Å². The summed E-state index contributed by atoms with van der Waals surface area (Å²) in [5.41, 5.74) is 10.2.